The van der Waals surface area contributed by atoms with Gasteiger partial charge in [0.15, 0.2) is 5.69 Å². The van der Waals surface area contributed by atoms with Crippen molar-refractivity contribution in [3.63, 3.8) is 0 Å². The van der Waals surface area contributed by atoms with E-state index in [4.69, 9.17) is 9.68 Å². The van der Waals surface area contributed by atoms with E-state index in [-0.39, 0.29) is 30.6 Å². The maximum Gasteiger partial charge on any atom is 0.433 e. The van der Waals surface area contributed by atoms with Crippen LogP contribution in [-0.2, 0) is 29.2 Å². The first-order chi connectivity index (χ1) is 16.4. The Morgan fingerprint density at radius 3 is 2.37 bits per heavy atom. The van der Waals surface area contributed by atoms with E-state index in [1.54, 1.807) is 29.2 Å². The van der Waals surface area contributed by atoms with Gasteiger partial charge in [0.1, 0.15) is 11.5 Å². The lowest BCUT2D eigenvalue weighted by Gasteiger charge is -2.21. The molecule has 1 N–H and O–H groups in total. The monoisotopic (exact) mass is 507 g/mol. The van der Waals surface area contributed by atoms with Crippen molar-refractivity contribution >= 4 is 21.9 Å². The molecule has 0 aliphatic heterocycles. The van der Waals surface area contributed by atoms with Gasteiger partial charge in [0.2, 0.25) is 10.0 Å². The van der Waals surface area contributed by atoms with Crippen LogP contribution < -0.4 is 9.62 Å². The molecule has 3 rings (SSSR count). The van der Waals surface area contributed by atoms with E-state index in [1.165, 1.54) is 13.0 Å². The summed E-state index contributed by atoms with van der Waals surface area (Å²) in [6.07, 6.45) is -2.21. The van der Waals surface area contributed by atoms with Gasteiger partial charge in [-0.3, -0.25) is 9.78 Å². The second-order valence-electron chi connectivity index (χ2n) is 7.63. The lowest BCUT2D eigenvalue weighted by Crippen LogP contribution is -2.30. The van der Waals surface area contributed by atoms with E-state index in [0.29, 0.717) is 17.5 Å². The normalized spacial score (nSPS) is 11.7. The van der Waals surface area contributed by atoms with Crippen molar-refractivity contribution in [3.05, 3.63) is 76.4 Å². The number of carbonyl (C=O) groups is 1. The van der Waals surface area contributed by atoms with Gasteiger partial charge in [-0.1, -0.05) is 18.2 Å². The van der Waals surface area contributed by atoms with Gasteiger partial charge in [0.25, 0.3) is 11.9 Å². The van der Waals surface area contributed by atoms with Crippen LogP contribution in [0.25, 0.3) is 0 Å². The van der Waals surface area contributed by atoms with Crippen molar-refractivity contribution in [3.8, 4) is 6.07 Å². The molecular formula is C22H20F3N5O4S. The summed E-state index contributed by atoms with van der Waals surface area (Å²) in [5.74, 6) is -0.904. The van der Waals surface area contributed by atoms with E-state index < -0.39 is 27.8 Å². The van der Waals surface area contributed by atoms with Crippen molar-refractivity contribution in [2.24, 2.45) is 0 Å². The molecule has 0 unspecified atom stereocenters. The predicted octanol–water partition coefficient (Wildman–Crippen LogP) is 3.21. The Bertz CT molecular complexity index is 1350. The minimum atomic E-state index is -4.57. The molecule has 0 spiro atoms. The maximum atomic E-state index is 12.9. The van der Waals surface area contributed by atoms with Crippen molar-refractivity contribution in [2.45, 2.75) is 26.1 Å². The maximum absolute atomic E-state index is 12.9. The molecule has 0 saturated heterocycles. The first-order valence-corrected chi connectivity index (χ1v) is 12.0. The number of nitriles is 1. The summed E-state index contributed by atoms with van der Waals surface area (Å²) >= 11 is 0. The van der Waals surface area contributed by atoms with Gasteiger partial charge in [0.05, 0.1) is 17.9 Å². The number of carbonyl (C=O) groups excluding carboxylic acids is 1. The van der Waals surface area contributed by atoms with Crippen LogP contribution in [0.4, 0.5) is 19.2 Å². The SMILES string of the molecule is Cc1oc(N(CCc2ccc(C#N)cc2)Cc2ccc(C(F)(F)F)nc2)nc1C(=O)NS(C)(=O)=O. The van der Waals surface area contributed by atoms with Crippen molar-refractivity contribution in [2.75, 3.05) is 17.7 Å². The second-order valence-corrected chi connectivity index (χ2v) is 9.38. The summed E-state index contributed by atoms with van der Waals surface area (Å²) in [6.45, 7) is 1.76. The fraction of sp³-hybridized carbons (Fsp3) is 0.273. The molecule has 0 aliphatic rings. The Kier molecular flexibility index (Phi) is 7.45. The standard InChI is InChI=1S/C22H20F3N5O4S/c1-14-19(20(31)29-35(2,32)33)28-21(34-14)30(10-9-15-3-5-16(11-26)6-4-15)13-17-7-8-18(27-12-17)22(23,24)25/h3-8,12H,9-10,13H2,1-2H3,(H,29,31). The van der Waals surface area contributed by atoms with Gasteiger partial charge >= 0.3 is 6.18 Å². The fourth-order valence-corrected chi connectivity index (χ4v) is 3.54. The molecule has 3 aromatic rings. The number of hydrogen-bond acceptors (Lipinski definition) is 8. The number of benzene rings is 1. The van der Waals surface area contributed by atoms with Crippen molar-refractivity contribution in [1.82, 2.24) is 14.7 Å². The van der Waals surface area contributed by atoms with Crippen LogP contribution in [-0.4, -0.2) is 37.1 Å². The molecule has 35 heavy (non-hydrogen) atoms. The van der Waals surface area contributed by atoms with Crippen LogP contribution >= 0.6 is 0 Å². The minimum Gasteiger partial charge on any atom is -0.428 e. The molecule has 1 amide bonds. The molecule has 1 aromatic carbocycles. The highest BCUT2D eigenvalue weighted by Gasteiger charge is 2.32. The number of aryl methyl sites for hydroxylation is 1. The molecule has 0 aliphatic carbocycles. The zero-order valence-corrected chi connectivity index (χ0v) is 19.4. The molecule has 2 heterocycles. The number of oxazole rings is 1. The fourth-order valence-electron chi connectivity index (χ4n) is 3.10. The van der Waals surface area contributed by atoms with Crippen LogP contribution in [0.15, 0.2) is 47.0 Å². The third kappa shape index (κ3) is 7.03. The molecule has 0 bridgehead atoms. The Hall–Kier alpha value is -3.92. The molecular weight excluding hydrogens is 487 g/mol. The van der Waals surface area contributed by atoms with Gasteiger partial charge < -0.3 is 9.32 Å². The zero-order valence-electron chi connectivity index (χ0n) is 18.6. The lowest BCUT2D eigenvalue weighted by atomic mass is 10.1. The van der Waals surface area contributed by atoms with Crippen molar-refractivity contribution < 1.29 is 30.8 Å². The van der Waals surface area contributed by atoms with Crippen LogP contribution in [0, 0.1) is 18.3 Å². The number of anilines is 1. The average molecular weight is 507 g/mol. The van der Waals surface area contributed by atoms with Crippen molar-refractivity contribution in [1.29, 1.82) is 5.26 Å². The number of hydrogen-bond donors (Lipinski definition) is 1. The molecule has 0 fully saturated rings. The summed E-state index contributed by atoms with van der Waals surface area (Å²) in [6, 6.07) is 11.0. The van der Waals surface area contributed by atoms with E-state index in [2.05, 4.69) is 9.97 Å². The first kappa shape index (κ1) is 25.7. The number of nitrogens with one attached hydrogen (secondary N) is 1. The van der Waals surface area contributed by atoms with Gasteiger partial charge in [0, 0.05) is 19.3 Å². The quantitative estimate of drug-likeness (QED) is 0.492. The molecule has 184 valence electrons. The molecule has 0 saturated carbocycles. The Balaban J connectivity index is 1.87. The van der Waals surface area contributed by atoms with Gasteiger partial charge in [-0.2, -0.15) is 23.4 Å². The molecule has 0 atom stereocenters. The lowest BCUT2D eigenvalue weighted by molar-refractivity contribution is -0.141. The van der Waals surface area contributed by atoms with Crippen LogP contribution in [0.3, 0.4) is 0 Å². The number of rotatable bonds is 8. The molecule has 0 radical (unpaired) electrons. The number of amides is 1. The van der Waals surface area contributed by atoms with Gasteiger partial charge in [-0.25, -0.2) is 13.1 Å². The largest absolute Gasteiger partial charge is 0.433 e. The number of pyridine rings is 1. The summed E-state index contributed by atoms with van der Waals surface area (Å²) in [7, 11) is -3.83. The highest BCUT2D eigenvalue weighted by atomic mass is 32.2. The Labute approximate surface area is 199 Å². The average Bonchev–Trinajstić information content (AvgIpc) is 3.17. The Morgan fingerprint density at radius 1 is 1.17 bits per heavy atom. The number of aromatic nitrogens is 2. The Morgan fingerprint density at radius 2 is 1.83 bits per heavy atom. The minimum absolute atomic E-state index is 0.0188. The van der Waals surface area contributed by atoms with Crippen LogP contribution in [0.1, 0.15) is 38.6 Å². The van der Waals surface area contributed by atoms with Gasteiger partial charge in [-0.05, 0) is 42.7 Å². The highest BCUT2D eigenvalue weighted by molar-refractivity contribution is 7.89. The highest BCUT2D eigenvalue weighted by Crippen LogP contribution is 2.28. The number of sulfonamides is 1. The number of halogens is 3. The van der Waals surface area contributed by atoms with E-state index >= 15 is 0 Å². The van der Waals surface area contributed by atoms with E-state index in [9.17, 15) is 26.4 Å². The van der Waals surface area contributed by atoms with Crippen LogP contribution in [0.5, 0.6) is 0 Å². The van der Waals surface area contributed by atoms with E-state index in [1.807, 2.05) is 10.8 Å². The topological polar surface area (TPSA) is 129 Å². The van der Waals surface area contributed by atoms with E-state index in [0.717, 1.165) is 24.1 Å². The summed E-state index contributed by atoms with van der Waals surface area (Å²) < 4.78 is 68.8. The van der Waals surface area contributed by atoms with Gasteiger partial charge in [-0.15, -0.1) is 0 Å². The zero-order chi connectivity index (χ0) is 25.8. The van der Waals surface area contributed by atoms with Crippen LogP contribution in [0.2, 0.25) is 0 Å². The summed E-state index contributed by atoms with van der Waals surface area (Å²) in [4.78, 5) is 21.4. The number of nitrogens with zero attached hydrogens (tertiary/aromatic N) is 4. The summed E-state index contributed by atoms with van der Waals surface area (Å²) in [5, 5.41) is 8.95. The summed E-state index contributed by atoms with van der Waals surface area (Å²) in [5.41, 5.74) is 0.524. The second kappa shape index (κ2) is 10.1. The molecule has 2 aromatic heterocycles. The first-order valence-electron chi connectivity index (χ1n) is 10.1. The molecule has 9 nitrogen and oxygen atoms in total. The molecule has 13 heteroatoms. The predicted molar refractivity (Wildman–Crippen MR) is 119 cm³/mol. The third-order valence-electron chi connectivity index (χ3n) is 4.79. The smallest absolute Gasteiger partial charge is 0.428 e. The number of alkyl halides is 3. The third-order valence-corrected chi connectivity index (χ3v) is 5.35.